The third-order valence-electron chi connectivity index (χ3n) is 2.87. The van der Waals surface area contributed by atoms with Gasteiger partial charge < -0.3 is 10.2 Å². The molecular weight excluding hydrogens is 272 g/mol. The molecule has 0 radical (unpaired) electrons. The van der Waals surface area contributed by atoms with E-state index >= 15 is 0 Å². The summed E-state index contributed by atoms with van der Waals surface area (Å²) in [4.78, 5) is 1.02. The molecule has 0 amide bonds. The summed E-state index contributed by atoms with van der Waals surface area (Å²) in [6, 6.07) is 3.90. The molecule has 20 heavy (non-hydrogen) atoms. The van der Waals surface area contributed by atoms with Crippen molar-refractivity contribution < 1.29 is 17.6 Å². The van der Waals surface area contributed by atoms with Gasteiger partial charge in [-0.1, -0.05) is 13.0 Å². The summed E-state index contributed by atoms with van der Waals surface area (Å²) in [5, 5.41) is 3.04. The standard InChI is InChI=1S/C14H20F4N2/c1-4-19-8-11-5-6-13(12(15)7-11)20(10(2)3)9-14(16,17)18/h5-7,10,19H,4,8-9H2,1-3H3. The maximum atomic E-state index is 14.0. The highest BCUT2D eigenvalue weighted by Crippen LogP contribution is 2.27. The Balaban J connectivity index is 2.97. The van der Waals surface area contributed by atoms with Gasteiger partial charge in [-0.2, -0.15) is 13.2 Å². The quantitative estimate of drug-likeness (QED) is 0.804. The lowest BCUT2D eigenvalue weighted by molar-refractivity contribution is -0.120. The fraction of sp³-hybridized carbons (Fsp3) is 0.571. The van der Waals surface area contributed by atoms with Gasteiger partial charge in [0.2, 0.25) is 0 Å². The average Bonchev–Trinajstić information content (AvgIpc) is 2.32. The van der Waals surface area contributed by atoms with Crippen LogP contribution in [0.25, 0.3) is 0 Å². The van der Waals surface area contributed by atoms with Crippen LogP contribution in [-0.2, 0) is 6.54 Å². The van der Waals surface area contributed by atoms with Gasteiger partial charge in [0.1, 0.15) is 12.4 Å². The Bertz CT molecular complexity index is 430. The van der Waals surface area contributed by atoms with E-state index in [1.165, 1.54) is 12.1 Å². The van der Waals surface area contributed by atoms with Gasteiger partial charge in [0.05, 0.1) is 5.69 Å². The van der Waals surface area contributed by atoms with E-state index in [9.17, 15) is 17.6 Å². The summed E-state index contributed by atoms with van der Waals surface area (Å²) in [6.45, 7) is 5.22. The van der Waals surface area contributed by atoms with E-state index in [2.05, 4.69) is 5.32 Å². The molecule has 0 unspecified atom stereocenters. The molecule has 0 bridgehead atoms. The number of nitrogens with zero attached hydrogens (tertiary/aromatic N) is 1. The summed E-state index contributed by atoms with van der Waals surface area (Å²) < 4.78 is 51.7. The van der Waals surface area contributed by atoms with Crippen molar-refractivity contribution in [3.05, 3.63) is 29.6 Å². The first-order chi connectivity index (χ1) is 9.24. The van der Waals surface area contributed by atoms with Crippen molar-refractivity contribution in [2.24, 2.45) is 0 Å². The largest absolute Gasteiger partial charge is 0.405 e. The maximum Gasteiger partial charge on any atom is 0.405 e. The second kappa shape index (κ2) is 6.92. The van der Waals surface area contributed by atoms with Crippen molar-refractivity contribution in [2.75, 3.05) is 18.0 Å². The second-order valence-corrected chi connectivity index (χ2v) is 4.90. The fourth-order valence-electron chi connectivity index (χ4n) is 1.90. The molecule has 6 heteroatoms. The summed E-state index contributed by atoms with van der Waals surface area (Å²) in [6.07, 6.45) is -4.36. The molecule has 0 saturated heterocycles. The molecule has 0 aliphatic heterocycles. The SMILES string of the molecule is CCNCc1ccc(N(CC(F)(F)F)C(C)C)c(F)c1. The lowest BCUT2D eigenvalue weighted by Crippen LogP contribution is -2.39. The molecule has 0 aliphatic carbocycles. The van der Waals surface area contributed by atoms with Crippen molar-refractivity contribution in [3.63, 3.8) is 0 Å². The average molecular weight is 292 g/mol. The number of hydrogen-bond donors (Lipinski definition) is 1. The predicted octanol–water partition coefficient (Wildman–Crippen LogP) is 3.71. The number of benzene rings is 1. The molecule has 0 fully saturated rings. The topological polar surface area (TPSA) is 15.3 Å². The lowest BCUT2D eigenvalue weighted by atomic mass is 10.1. The van der Waals surface area contributed by atoms with Crippen LogP contribution in [0, 0.1) is 5.82 Å². The van der Waals surface area contributed by atoms with Gasteiger partial charge in [-0.3, -0.25) is 0 Å². The van der Waals surface area contributed by atoms with E-state index in [1.807, 2.05) is 6.92 Å². The molecule has 0 atom stereocenters. The Morgan fingerprint density at radius 2 is 1.90 bits per heavy atom. The third kappa shape index (κ3) is 5.00. The molecule has 0 saturated carbocycles. The Hall–Kier alpha value is -1.30. The normalized spacial score (nSPS) is 12.0. The molecule has 0 aromatic heterocycles. The number of hydrogen-bond acceptors (Lipinski definition) is 2. The highest BCUT2D eigenvalue weighted by molar-refractivity contribution is 5.50. The lowest BCUT2D eigenvalue weighted by Gasteiger charge is -2.30. The number of anilines is 1. The van der Waals surface area contributed by atoms with Crippen LogP contribution in [0.4, 0.5) is 23.2 Å². The first kappa shape index (κ1) is 16.8. The van der Waals surface area contributed by atoms with Crippen LogP contribution in [0.15, 0.2) is 18.2 Å². The molecule has 2 nitrogen and oxygen atoms in total. The van der Waals surface area contributed by atoms with Crippen LogP contribution in [0.3, 0.4) is 0 Å². The van der Waals surface area contributed by atoms with E-state index in [4.69, 9.17) is 0 Å². The number of halogens is 4. The zero-order chi connectivity index (χ0) is 15.3. The number of alkyl halides is 3. The third-order valence-corrected chi connectivity index (χ3v) is 2.87. The van der Waals surface area contributed by atoms with Gasteiger partial charge in [0, 0.05) is 12.6 Å². The van der Waals surface area contributed by atoms with Crippen LogP contribution in [0.5, 0.6) is 0 Å². The highest BCUT2D eigenvalue weighted by atomic mass is 19.4. The van der Waals surface area contributed by atoms with Gasteiger partial charge in [-0.15, -0.1) is 0 Å². The van der Waals surface area contributed by atoms with Crippen LogP contribution in [0.2, 0.25) is 0 Å². The first-order valence-corrected chi connectivity index (χ1v) is 6.57. The molecule has 0 heterocycles. The molecule has 114 valence electrons. The van der Waals surface area contributed by atoms with Crippen molar-refractivity contribution in [1.82, 2.24) is 5.32 Å². The molecule has 0 spiro atoms. The Kier molecular flexibility index (Phi) is 5.80. The van der Waals surface area contributed by atoms with Gasteiger partial charge >= 0.3 is 6.18 Å². The minimum Gasteiger partial charge on any atom is -0.358 e. The minimum atomic E-state index is -4.36. The minimum absolute atomic E-state index is 0.0161. The molecule has 0 aliphatic rings. The van der Waals surface area contributed by atoms with E-state index in [1.54, 1.807) is 19.9 Å². The van der Waals surface area contributed by atoms with Crippen molar-refractivity contribution in [2.45, 2.75) is 39.5 Å². The summed E-state index contributed by atoms with van der Waals surface area (Å²) in [5.41, 5.74) is 0.696. The summed E-state index contributed by atoms with van der Waals surface area (Å²) >= 11 is 0. The monoisotopic (exact) mass is 292 g/mol. The van der Waals surface area contributed by atoms with E-state index in [0.29, 0.717) is 12.1 Å². The van der Waals surface area contributed by atoms with E-state index in [0.717, 1.165) is 11.4 Å². The zero-order valence-electron chi connectivity index (χ0n) is 11.9. The summed E-state index contributed by atoms with van der Waals surface area (Å²) in [5.74, 6) is -0.627. The Labute approximate surface area is 116 Å². The van der Waals surface area contributed by atoms with Crippen molar-refractivity contribution in [1.29, 1.82) is 0 Å². The number of nitrogens with one attached hydrogen (secondary N) is 1. The van der Waals surface area contributed by atoms with Crippen molar-refractivity contribution in [3.8, 4) is 0 Å². The molecule has 1 rings (SSSR count). The maximum absolute atomic E-state index is 14.0. The molecule has 1 N–H and O–H groups in total. The van der Waals surface area contributed by atoms with Crippen molar-refractivity contribution >= 4 is 5.69 Å². The van der Waals surface area contributed by atoms with E-state index < -0.39 is 24.6 Å². The second-order valence-electron chi connectivity index (χ2n) is 4.90. The van der Waals surface area contributed by atoms with Gasteiger partial charge in [0.25, 0.3) is 0 Å². The number of rotatable bonds is 6. The van der Waals surface area contributed by atoms with Crippen LogP contribution < -0.4 is 10.2 Å². The van der Waals surface area contributed by atoms with Crippen LogP contribution in [0.1, 0.15) is 26.3 Å². The van der Waals surface area contributed by atoms with Gasteiger partial charge in [-0.05, 0) is 38.1 Å². The van der Waals surface area contributed by atoms with Gasteiger partial charge in [-0.25, -0.2) is 4.39 Å². The van der Waals surface area contributed by atoms with Crippen LogP contribution in [-0.4, -0.2) is 25.3 Å². The van der Waals surface area contributed by atoms with Gasteiger partial charge in [0.15, 0.2) is 0 Å². The van der Waals surface area contributed by atoms with E-state index in [-0.39, 0.29) is 5.69 Å². The summed E-state index contributed by atoms with van der Waals surface area (Å²) in [7, 11) is 0. The zero-order valence-corrected chi connectivity index (χ0v) is 11.9. The molecular formula is C14H20F4N2. The predicted molar refractivity (Wildman–Crippen MR) is 72.3 cm³/mol. The van der Waals surface area contributed by atoms with Crippen LogP contribution >= 0.6 is 0 Å². The smallest absolute Gasteiger partial charge is 0.358 e. The molecule has 1 aromatic rings. The fourth-order valence-corrected chi connectivity index (χ4v) is 1.90. The highest BCUT2D eigenvalue weighted by Gasteiger charge is 2.32. The Morgan fingerprint density at radius 3 is 2.35 bits per heavy atom. The Morgan fingerprint density at radius 1 is 1.25 bits per heavy atom. The first-order valence-electron chi connectivity index (χ1n) is 6.57. The molecule has 1 aromatic carbocycles.